The van der Waals surface area contributed by atoms with Crippen molar-refractivity contribution >= 4 is 11.9 Å². The van der Waals surface area contributed by atoms with Crippen molar-refractivity contribution in [1.82, 2.24) is 10.2 Å². The molecular weight excluding hydrogens is 244 g/mol. The van der Waals surface area contributed by atoms with E-state index in [9.17, 15) is 14.7 Å². The van der Waals surface area contributed by atoms with E-state index >= 15 is 0 Å². The summed E-state index contributed by atoms with van der Waals surface area (Å²) in [6.07, 6.45) is 4.14. The molecule has 0 saturated carbocycles. The zero-order chi connectivity index (χ0) is 14.1. The molecule has 2 fully saturated rings. The maximum Gasteiger partial charge on any atom is 0.329 e. The Bertz CT molecular complexity index is 377. The fourth-order valence-corrected chi connectivity index (χ4v) is 3.23. The number of carboxylic acid groups (broad SMARTS) is 1. The SMILES string of the molecule is CC1(C(=O)N2CCCCC2(C)C(=O)O)CCCNC1. The van der Waals surface area contributed by atoms with E-state index in [-0.39, 0.29) is 5.91 Å². The molecule has 0 aliphatic carbocycles. The Morgan fingerprint density at radius 2 is 1.89 bits per heavy atom. The zero-order valence-electron chi connectivity index (χ0n) is 11.9. The van der Waals surface area contributed by atoms with Gasteiger partial charge < -0.3 is 15.3 Å². The van der Waals surface area contributed by atoms with Gasteiger partial charge in [0, 0.05) is 13.1 Å². The molecule has 0 aromatic carbocycles. The van der Waals surface area contributed by atoms with E-state index in [4.69, 9.17) is 0 Å². The number of likely N-dealkylation sites (tertiary alicyclic amines) is 1. The van der Waals surface area contributed by atoms with Crippen LogP contribution in [-0.2, 0) is 9.59 Å². The monoisotopic (exact) mass is 268 g/mol. The van der Waals surface area contributed by atoms with Gasteiger partial charge in [0.05, 0.1) is 5.41 Å². The summed E-state index contributed by atoms with van der Waals surface area (Å²) in [5.41, 5.74) is -1.48. The van der Waals surface area contributed by atoms with Crippen LogP contribution in [-0.4, -0.2) is 47.1 Å². The molecule has 0 radical (unpaired) electrons. The van der Waals surface area contributed by atoms with Crippen molar-refractivity contribution in [2.75, 3.05) is 19.6 Å². The van der Waals surface area contributed by atoms with Crippen molar-refractivity contribution in [3.05, 3.63) is 0 Å². The summed E-state index contributed by atoms with van der Waals surface area (Å²) in [6, 6.07) is 0. The molecule has 0 spiro atoms. The Morgan fingerprint density at radius 3 is 2.47 bits per heavy atom. The van der Waals surface area contributed by atoms with Gasteiger partial charge in [0.2, 0.25) is 5.91 Å². The van der Waals surface area contributed by atoms with E-state index in [1.54, 1.807) is 11.8 Å². The van der Waals surface area contributed by atoms with E-state index in [2.05, 4.69) is 5.32 Å². The number of hydrogen-bond donors (Lipinski definition) is 2. The topological polar surface area (TPSA) is 69.6 Å². The van der Waals surface area contributed by atoms with Gasteiger partial charge in [-0.05, 0) is 52.5 Å². The van der Waals surface area contributed by atoms with Crippen LogP contribution >= 0.6 is 0 Å². The van der Waals surface area contributed by atoms with Crippen molar-refractivity contribution in [3.63, 3.8) is 0 Å². The lowest BCUT2D eigenvalue weighted by Gasteiger charge is -2.46. The van der Waals surface area contributed by atoms with Crippen molar-refractivity contribution in [3.8, 4) is 0 Å². The number of carboxylic acids is 1. The van der Waals surface area contributed by atoms with E-state index in [0.29, 0.717) is 19.5 Å². The highest BCUT2D eigenvalue weighted by Gasteiger charge is 2.48. The second kappa shape index (κ2) is 5.12. The molecule has 2 atom stereocenters. The highest BCUT2D eigenvalue weighted by Crippen LogP contribution is 2.35. The number of carbonyl (C=O) groups is 2. The van der Waals surface area contributed by atoms with Crippen LogP contribution in [0.2, 0.25) is 0 Å². The minimum Gasteiger partial charge on any atom is -0.480 e. The summed E-state index contributed by atoms with van der Waals surface area (Å²) >= 11 is 0. The van der Waals surface area contributed by atoms with Gasteiger partial charge >= 0.3 is 5.97 Å². The Morgan fingerprint density at radius 1 is 1.16 bits per heavy atom. The van der Waals surface area contributed by atoms with Crippen LogP contribution < -0.4 is 5.32 Å². The van der Waals surface area contributed by atoms with Crippen LogP contribution in [0.5, 0.6) is 0 Å². The predicted molar refractivity (Wildman–Crippen MR) is 71.8 cm³/mol. The van der Waals surface area contributed by atoms with Gasteiger partial charge in [-0.25, -0.2) is 4.79 Å². The molecule has 0 bridgehead atoms. The number of hydrogen-bond acceptors (Lipinski definition) is 3. The molecule has 2 N–H and O–H groups in total. The van der Waals surface area contributed by atoms with Gasteiger partial charge in [0.1, 0.15) is 5.54 Å². The first-order valence-electron chi connectivity index (χ1n) is 7.16. The molecule has 5 heteroatoms. The zero-order valence-corrected chi connectivity index (χ0v) is 11.9. The van der Waals surface area contributed by atoms with Crippen LogP contribution in [0.4, 0.5) is 0 Å². The van der Waals surface area contributed by atoms with Gasteiger partial charge in [0.25, 0.3) is 0 Å². The quantitative estimate of drug-likeness (QED) is 0.790. The number of nitrogens with one attached hydrogen (secondary N) is 1. The third-order valence-corrected chi connectivity index (χ3v) is 4.71. The van der Waals surface area contributed by atoms with Crippen LogP contribution in [0, 0.1) is 5.41 Å². The van der Waals surface area contributed by atoms with Crippen molar-refractivity contribution in [1.29, 1.82) is 0 Å². The predicted octanol–water partition coefficient (Wildman–Crippen LogP) is 1.23. The number of nitrogens with zero attached hydrogens (tertiary/aromatic N) is 1. The normalized spacial score (nSPS) is 36.0. The summed E-state index contributed by atoms with van der Waals surface area (Å²) in [4.78, 5) is 26.0. The lowest BCUT2D eigenvalue weighted by atomic mass is 9.78. The highest BCUT2D eigenvalue weighted by molar-refractivity contribution is 5.90. The Kier molecular flexibility index (Phi) is 3.85. The second-order valence-electron chi connectivity index (χ2n) is 6.33. The van der Waals surface area contributed by atoms with Crippen LogP contribution in [0.3, 0.4) is 0 Å². The first kappa shape index (κ1) is 14.3. The fourth-order valence-electron chi connectivity index (χ4n) is 3.23. The standard InChI is InChI=1S/C14H24N2O3/c1-13(6-5-8-15-10-13)11(17)16-9-4-3-7-14(16,2)12(18)19/h15H,3-10H2,1-2H3,(H,18,19). The highest BCUT2D eigenvalue weighted by atomic mass is 16.4. The fraction of sp³-hybridized carbons (Fsp3) is 0.857. The molecule has 2 rings (SSSR count). The maximum absolute atomic E-state index is 12.8. The summed E-state index contributed by atoms with van der Waals surface area (Å²) in [5.74, 6) is -0.878. The smallest absolute Gasteiger partial charge is 0.329 e. The Hall–Kier alpha value is -1.10. The third-order valence-electron chi connectivity index (χ3n) is 4.71. The number of carbonyl (C=O) groups excluding carboxylic acids is 1. The minimum absolute atomic E-state index is 0.00398. The van der Waals surface area contributed by atoms with Gasteiger partial charge in [-0.1, -0.05) is 0 Å². The molecule has 1 amide bonds. The molecule has 2 aliphatic rings. The van der Waals surface area contributed by atoms with Gasteiger partial charge in [-0.3, -0.25) is 4.79 Å². The third kappa shape index (κ3) is 2.48. The van der Waals surface area contributed by atoms with E-state index in [1.807, 2.05) is 6.92 Å². The van der Waals surface area contributed by atoms with Crippen LogP contribution in [0.15, 0.2) is 0 Å². The number of piperidine rings is 2. The summed E-state index contributed by atoms with van der Waals surface area (Å²) in [7, 11) is 0. The molecule has 2 unspecified atom stereocenters. The Balaban J connectivity index is 2.22. The minimum atomic E-state index is -1.03. The van der Waals surface area contributed by atoms with Gasteiger partial charge in [-0.2, -0.15) is 0 Å². The van der Waals surface area contributed by atoms with E-state index in [0.717, 1.165) is 32.2 Å². The molecule has 2 aliphatic heterocycles. The molecular formula is C14H24N2O3. The molecule has 5 nitrogen and oxygen atoms in total. The lowest BCUT2D eigenvalue weighted by Crippen LogP contribution is -2.62. The number of aliphatic carboxylic acids is 1. The average Bonchev–Trinajstić information content (AvgIpc) is 2.39. The van der Waals surface area contributed by atoms with Crippen LogP contribution in [0.25, 0.3) is 0 Å². The Labute approximate surface area is 114 Å². The van der Waals surface area contributed by atoms with E-state index in [1.165, 1.54) is 0 Å². The molecule has 19 heavy (non-hydrogen) atoms. The largest absolute Gasteiger partial charge is 0.480 e. The van der Waals surface area contributed by atoms with Crippen molar-refractivity contribution < 1.29 is 14.7 Å². The molecule has 0 aromatic rings. The summed E-state index contributed by atoms with van der Waals surface area (Å²) in [6.45, 7) is 5.80. The molecule has 2 heterocycles. The van der Waals surface area contributed by atoms with Crippen molar-refractivity contribution in [2.24, 2.45) is 5.41 Å². The van der Waals surface area contributed by atoms with E-state index < -0.39 is 16.9 Å². The number of amides is 1. The molecule has 0 aromatic heterocycles. The lowest BCUT2D eigenvalue weighted by molar-refractivity contribution is -0.166. The van der Waals surface area contributed by atoms with Crippen molar-refractivity contribution in [2.45, 2.75) is 51.5 Å². The van der Waals surface area contributed by atoms with Gasteiger partial charge in [0.15, 0.2) is 0 Å². The molecule has 108 valence electrons. The molecule has 2 saturated heterocycles. The number of rotatable bonds is 2. The summed E-state index contributed by atoms with van der Waals surface area (Å²) in [5, 5.41) is 12.7. The second-order valence-corrected chi connectivity index (χ2v) is 6.33. The van der Waals surface area contributed by atoms with Gasteiger partial charge in [-0.15, -0.1) is 0 Å². The first-order valence-corrected chi connectivity index (χ1v) is 7.16. The average molecular weight is 268 g/mol. The van der Waals surface area contributed by atoms with Crippen LogP contribution in [0.1, 0.15) is 46.0 Å². The first-order chi connectivity index (χ1) is 8.90. The maximum atomic E-state index is 12.8. The summed E-state index contributed by atoms with van der Waals surface area (Å²) < 4.78 is 0.